The first-order valence-electron chi connectivity index (χ1n) is 8.12. The minimum Gasteiger partial charge on any atom is -0.391 e. The molecule has 1 aliphatic rings. The van der Waals surface area contributed by atoms with Crippen LogP contribution in [-0.4, -0.2) is 40.3 Å². The minimum atomic E-state index is -0.384. The molecule has 2 amide bonds. The fourth-order valence-corrected chi connectivity index (χ4v) is 2.78. The number of amides is 2. The highest BCUT2D eigenvalue weighted by atomic mass is 16.3. The van der Waals surface area contributed by atoms with Crippen LogP contribution in [0.2, 0.25) is 0 Å². The van der Waals surface area contributed by atoms with Crippen molar-refractivity contribution in [2.75, 3.05) is 6.54 Å². The number of hydrogen-bond donors (Lipinski definition) is 2. The van der Waals surface area contributed by atoms with Gasteiger partial charge in [0.2, 0.25) is 0 Å². The van der Waals surface area contributed by atoms with Crippen LogP contribution in [0.3, 0.4) is 0 Å². The van der Waals surface area contributed by atoms with E-state index in [1.807, 2.05) is 4.90 Å². The first-order chi connectivity index (χ1) is 9.36. The van der Waals surface area contributed by atoms with Crippen molar-refractivity contribution in [3.63, 3.8) is 0 Å². The maximum Gasteiger partial charge on any atom is 0.318 e. The molecule has 1 aliphatic carbocycles. The minimum absolute atomic E-state index is 0.0282. The molecular formula is C16H32N2O2. The van der Waals surface area contributed by atoms with Gasteiger partial charge in [-0.25, -0.2) is 4.79 Å². The van der Waals surface area contributed by atoms with E-state index in [0.717, 1.165) is 51.5 Å². The number of urea groups is 1. The predicted octanol–water partition coefficient (Wildman–Crippen LogP) is 3.29. The van der Waals surface area contributed by atoms with Gasteiger partial charge in [0.15, 0.2) is 0 Å². The van der Waals surface area contributed by atoms with Crippen LogP contribution in [0.15, 0.2) is 0 Å². The van der Waals surface area contributed by atoms with E-state index in [1.54, 1.807) is 0 Å². The van der Waals surface area contributed by atoms with E-state index in [2.05, 4.69) is 33.0 Å². The zero-order valence-corrected chi connectivity index (χ0v) is 13.6. The summed E-state index contributed by atoms with van der Waals surface area (Å²) in [5.41, 5.74) is -0.183. The van der Waals surface area contributed by atoms with Gasteiger partial charge in [-0.1, -0.05) is 32.6 Å². The average molecular weight is 284 g/mol. The molecule has 0 bridgehead atoms. The second-order valence-corrected chi connectivity index (χ2v) is 6.94. The number of hydrogen-bond acceptors (Lipinski definition) is 2. The molecule has 4 nitrogen and oxygen atoms in total. The molecule has 4 heteroatoms. The van der Waals surface area contributed by atoms with Gasteiger partial charge in [-0.2, -0.15) is 0 Å². The van der Waals surface area contributed by atoms with Gasteiger partial charge in [0.1, 0.15) is 0 Å². The molecule has 0 saturated heterocycles. The molecule has 0 aliphatic heterocycles. The molecule has 20 heavy (non-hydrogen) atoms. The summed E-state index contributed by atoms with van der Waals surface area (Å²) in [4.78, 5) is 14.4. The van der Waals surface area contributed by atoms with Gasteiger partial charge in [0, 0.05) is 12.1 Å². The molecule has 0 aromatic heterocycles. The first kappa shape index (κ1) is 17.3. The highest BCUT2D eigenvalue weighted by Crippen LogP contribution is 2.20. The van der Waals surface area contributed by atoms with Crippen molar-refractivity contribution in [2.45, 2.75) is 90.3 Å². The number of carbonyl (C=O) groups excluding carboxylic acids is 1. The Bertz CT molecular complexity index is 299. The molecule has 2 N–H and O–H groups in total. The first-order valence-corrected chi connectivity index (χ1v) is 8.12. The maximum atomic E-state index is 12.5. The number of unbranched alkanes of at least 4 members (excludes halogenated alkanes) is 2. The summed E-state index contributed by atoms with van der Waals surface area (Å²) in [6.45, 7) is 9.15. The zero-order chi connectivity index (χ0) is 15.2. The lowest BCUT2D eigenvalue weighted by Gasteiger charge is -2.38. The Morgan fingerprint density at radius 2 is 1.90 bits per heavy atom. The van der Waals surface area contributed by atoms with Crippen molar-refractivity contribution in [2.24, 2.45) is 0 Å². The Morgan fingerprint density at radius 1 is 1.25 bits per heavy atom. The highest BCUT2D eigenvalue weighted by Gasteiger charge is 2.30. The summed E-state index contributed by atoms with van der Waals surface area (Å²) < 4.78 is 0. The van der Waals surface area contributed by atoms with Crippen LogP contribution in [0.4, 0.5) is 4.79 Å². The summed E-state index contributed by atoms with van der Waals surface area (Å²) >= 11 is 0. The lowest BCUT2D eigenvalue weighted by Crippen LogP contribution is -2.55. The standard InChI is InChI=1S/C16H32N2O2/c1-5-6-9-12-18(16(2,3)4)15(20)17-13-10-7-8-11-14(13)19/h13-14,19H,5-12H2,1-4H3,(H,17,20). The lowest BCUT2D eigenvalue weighted by molar-refractivity contribution is 0.0825. The van der Waals surface area contributed by atoms with Crippen molar-refractivity contribution in [1.82, 2.24) is 10.2 Å². The molecule has 2 atom stereocenters. The van der Waals surface area contributed by atoms with Crippen molar-refractivity contribution in [3.05, 3.63) is 0 Å². The Kier molecular flexibility index (Phi) is 6.80. The summed E-state index contributed by atoms with van der Waals surface area (Å²) in [5, 5.41) is 13.0. The molecule has 2 unspecified atom stereocenters. The largest absolute Gasteiger partial charge is 0.391 e. The van der Waals surface area contributed by atoms with E-state index in [0.29, 0.717) is 0 Å². The van der Waals surface area contributed by atoms with Crippen LogP contribution < -0.4 is 5.32 Å². The fraction of sp³-hybridized carbons (Fsp3) is 0.938. The Labute approximate surface area is 123 Å². The average Bonchev–Trinajstić information content (AvgIpc) is 2.36. The van der Waals surface area contributed by atoms with Gasteiger partial charge in [0.25, 0.3) is 0 Å². The quantitative estimate of drug-likeness (QED) is 0.761. The van der Waals surface area contributed by atoms with E-state index in [-0.39, 0.29) is 23.7 Å². The number of nitrogens with one attached hydrogen (secondary N) is 1. The van der Waals surface area contributed by atoms with Crippen molar-refractivity contribution < 1.29 is 9.90 Å². The van der Waals surface area contributed by atoms with Crippen LogP contribution in [0.1, 0.15) is 72.6 Å². The third-order valence-corrected chi connectivity index (χ3v) is 4.08. The molecular weight excluding hydrogens is 252 g/mol. The van der Waals surface area contributed by atoms with E-state index in [9.17, 15) is 9.90 Å². The predicted molar refractivity (Wildman–Crippen MR) is 82.8 cm³/mol. The molecule has 0 heterocycles. The zero-order valence-electron chi connectivity index (χ0n) is 13.6. The normalized spacial score (nSPS) is 23.4. The van der Waals surface area contributed by atoms with Crippen LogP contribution in [0, 0.1) is 0 Å². The third kappa shape index (κ3) is 5.31. The van der Waals surface area contributed by atoms with E-state index in [1.165, 1.54) is 0 Å². The number of aliphatic hydroxyl groups excluding tert-OH is 1. The molecule has 0 aromatic rings. The summed E-state index contributed by atoms with van der Waals surface area (Å²) in [7, 11) is 0. The molecule has 1 saturated carbocycles. The molecule has 118 valence electrons. The van der Waals surface area contributed by atoms with Crippen molar-refractivity contribution in [1.29, 1.82) is 0 Å². The number of carbonyl (C=O) groups is 1. The van der Waals surface area contributed by atoms with Gasteiger partial charge in [-0.15, -0.1) is 0 Å². The van der Waals surface area contributed by atoms with Crippen LogP contribution in [0.5, 0.6) is 0 Å². The van der Waals surface area contributed by atoms with E-state index in [4.69, 9.17) is 0 Å². The summed E-state index contributed by atoms with van der Waals surface area (Å²) in [6.07, 6.45) is 6.79. The van der Waals surface area contributed by atoms with Crippen LogP contribution >= 0.6 is 0 Å². The van der Waals surface area contributed by atoms with Crippen molar-refractivity contribution >= 4 is 6.03 Å². The Hall–Kier alpha value is -0.770. The van der Waals surface area contributed by atoms with Gasteiger partial charge >= 0.3 is 6.03 Å². The summed E-state index contributed by atoms with van der Waals surface area (Å²) in [6, 6.07) is -0.105. The Morgan fingerprint density at radius 3 is 2.45 bits per heavy atom. The maximum absolute atomic E-state index is 12.5. The van der Waals surface area contributed by atoms with Crippen LogP contribution in [0.25, 0.3) is 0 Å². The lowest BCUT2D eigenvalue weighted by atomic mass is 9.92. The second-order valence-electron chi connectivity index (χ2n) is 6.94. The van der Waals surface area contributed by atoms with Gasteiger partial charge in [0.05, 0.1) is 12.1 Å². The Balaban J connectivity index is 2.58. The SMILES string of the molecule is CCCCCN(C(=O)NC1CCCCC1O)C(C)(C)C. The van der Waals surface area contributed by atoms with E-state index < -0.39 is 0 Å². The van der Waals surface area contributed by atoms with Gasteiger partial charge in [-0.3, -0.25) is 0 Å². The molecule has 1 rings (SSSR count). The van der Waals surface area contributed by atoms with E-state index >= 15 is 0 Å². The number of aliphatic hydroxyl groups is 1. The van der Waals surface area contributed by atoms with Crippen LogP contribution in [-0.2, 0) is 0 Å². The van der Waals surface area contributed by atoms with Crippen molar-refractivity contribution in [3.8, 4) is 0 Å². The topological polar surface area (TPSA) is 52.6 Å². The van der Waals surface area contributed by atoms with Gasteiger partial charge in [-0.05, 0) is 40.0 Å². The summed E-state index contributed by atoms with van der Waals surface area (Å²) in [5.74, 6) is 0. The molecule has 0 radical (unpaired) electrons. The number of rotatable bonds is 5. The highest BCUT2D eigenvalue weighted by molar-refractivity contribution is 5.75. The third-order valence-electron chi connectivity index (χ3n) is 4.08. The number of nitrogens with zero attached hydrogens (tertiary/aromatic N) is 1. The second kappa shape index (κ2) is 7.87. The smallest absolute Gasteiger partial charge is 0.318 e. The molecule has 0 aromatic carbocycles. The molecule has 0 spiro atoms. The monoisotopic (exact) mass is 284 g/mol. The molecule has 1 fully saturated rings. The fourth-order valence-electron chi connectivity index (χ4n) is 2.78. The van der Waals surface area contributed by atoms with Gasteiger partial charge < -0.3 is 15.3 Å².